The summed E-state index contributed by atoms with van der Waals surface area (Å²) in [5, 5.41) is 3.50. The summed E-state index contributed by atoms with van der Waals surface area (Å²) < 4.78 is 0. The molecule has 140 valence electrons. The largest absolute Gasteiger partial charge is 0.320 e. The number of carbonyl (C=O) groups excluding carboxylic acids is 1. The Bertz CT molecular complexity index is 1040. The van der Waals surface area contributed by atoms with Crippen LogP contribution in [0.3, 0.4) is 0 Å². The summed E-state index contributed by atoms with van der Waals surface area (Å²) in [6.45, 7) is 6.09. The second-order valence-electron chi connectivity index (χ2n) is 7.41. The molecule has 0 saturated carbocycles. The van der Waals surface area contributed by atoms with Crippen molar-refractivity contribution in [2.75, 3.05) is 5.32 Å². The molecule has 0 aliphatic rings. The van der Waals surface area contributed by atoms with Crippen LogP contribution >= 0.6 is 11.6 Å². The number of pyridine rings is 1. The monoisotopic (exact) mass is 388 g/mol. The minimum atomic E-state index is -0.258. The summed E-state index contributed by atoms with van der Waals surface area (Å²) in [5.74, 6) is 6.13. The van der Waals surface area contributed by atoms with Crippen molar-refractivity contribution in [2.45, 2.75) is 20.8 Å². The number of rotatable bonds is 3. The number of nitrogens with zero attached hydrogens (tertiary/aromatic N) is 1. The van der Waals surface area contributed by atoms with E-state index < -0.39 is 0 Å². The van der Waals surface area contributed by atoms with Gasteiger partial charge in [0.2, 0.25) is 0 Å². The zero-order valence-electron chi connectivity index (χ0n) is 16.1. The predicted octanol–water partition coefficient (Wildman–Crippen LogP) is 6.05. The highest BCUT2D eigenvalue weighted by molar-refractivity contribution is 6.32. The van der Waals surface area contributed by atoms with Crippen LogP contribution < -0.4 is 5.32 Å². The number of nitrogens with one attached hydrogen (secondary N) is 1. The van der Waals surface area contributed by atoms with Gasteiger partial charge in [-0.3, -0.25) is 9.78 Å². The molecule has 0 aliphatic heterocycles. The molecular weight excluding hydrogens is 368 g/mol. The number of carbonyl (C=O) groups is 1. The molecule has 1 N–H and O–H groups in total. The molecule has 0 atom stereocenters. The summed E-state index contributed by atoms with van der Waals surface area (Å²) in [6, 6.07) is 17.0. The Hall–Kier alpha value is -3.09. The van der Waals surface area contributed by atoms with Gasteiger partial charge < -0.3 is 5.32 Å². The van der Waals surface area contributed by atoms with Crippen molar-refractivity contribution in [3.8, 4) is 23.0 Å². The highest BCUT2D eigenvalue weighted by Crippen LogP contribution is 2.35. The van der Waals surface area contributed by atoms with Crippen LogP contribution in [0.4, 0.5) is 5.69 Å². The molecule has 0 unspecified atom stereocenters. The first kappa shape index (κ1) is 19.7. The number of anilines is 1. The van der Waals surface area contributed by atoms with E-state index >= 15 is 0 Å². The van der Waals surface area contributed by atoms with Gasteiger partial charge in [0.1, 0.15) is 0 Å². The lowest BCUT2D eigenvalue weighted by Gasteiger charge is -2.16. The van der Waals surface area contributed by atoms with E-state index in [0.717, 1.165) is 11.1 Å². The first-order chi connectivity index (χ1) is 13.3. The lowest BCUT2D eigenvalue weighted by Crippen LogP contribution is -2.14. The fourth-order valence-electron chi connectivity index (χ4n) is 2.62. The Morgan fingerprint density at radius 3 is 2.43 bits per heavy atom. The fraction of sp³-hybridized carbons (Fsp3) is 0.167. The van der Waals surface area contributed by atoms with Gasteiger partial charge in [0.05, 0.1) is 21.8 Å². The first-order valence-electron chi connectivity index (χ1n) is 8.97. The molecule has 3 rings (SSSR count). The zero-order chi connectivity index (χ0) is 20.1. The lowest BCUT2D eigenvalue weighted by molar-refractivity contribution is 0.102. The van der Waals surface area contributed by atoms with Crippen LogP contribution in [0.1, 0.15) is 36.7 Å². The molecule has 0 spiro atoms. The average molecular weight is 389 g/mol. The third-order valence-electron chi connectivity index (χ3n) is 3.96. The number of amides is 1. The Labute approximate surface area is 170 Å². The van der Waals surface area contributed by atoms with E-state index in [1.165, 1.54) is 6.20 Å². The van der Waals surface area contributed by atoms with Crippen molar-refractivity contribution in [3.05, 3.63) is 83.1 Å². The van der Waals surface area contributed by atoms with Crippen molar-refractivity contribution >= 4 is 23.2 Å². The molecule has 1 heterocycles. The lowest BCUT2D eigenvalue weighted by atomic mass is 9.95. The van der Waals surface area contributed by atoms with Gasteiger partial charge in [0.25, 0.3) is 5.91 Å². The van der Waals surface area contributed by atoms with Crippen LogP contribution in [0.5, 0.6) is 0 Å². The molecule has 3 nitrogen and oxygen atoms in total. The molecule has 1 aromatic heterocycles. The Morgan fingerprint density at radius 2 is 1.79 bits per heavy atom. The van der Waals surface area contributed by atoms with Crippen LogP contribution in [-0.4, -0.2) is 10.9 Å². The molecule has 1 amide bonds. The van der Waals surface area contributed by atoms with Crippen molar-refractivity contribution in [3.63, 3.8) is 0 Å². The number of halogens is 1. The topological polar surface area (TPSA) is 42.0 Å². The minimum absolute atomic E-state index is 0.198. The standard InChI is InChI=1S/C24H21ClN2O/c1-24(2,3)14-13-20-21(25)12-11-19(17-8-5-4-6-9-17)22(20)27-23(28)18-10-7-15-26-16-18/h4-12,15-16H,1-3H3,(H,27,28). The second-order valence-corrected chi connectivity index (χ2v) is 7.81. The fourth-order valence-corrected chi connectivity index (χ4v) is 2.83. The summed E-state index contributed by atoms with van der Waals surface area (Å²) in [7, 11) is 0. The summed E-state index contributed by atoms with van der Waals surface area (Å²) in [4.78, 5) is 16.8. The third kappa shape index (κ3) is 4.79. The molecule has 0 saturated heterocycles. The molecule has 4 heteroatoms. The van der Waals surface area contributed by atoms with Crippen molar-refractivity contribution in [1.29, 1.82) is 0 Å². The van der Waals surface area contributed by atoms with E-state index in [0.29, 0.717) is 21.8 Å². The van der Waals surface area contributed by atoms with Crippen molar-refractivity contribution in [2.24, 2.45) is 5.41 Å². The quantitative estimate of drug-likeness (QED) is 0.555. The maximum absolute atomic E-state index is 12.8. The average Bonchev–Trinajstić information content (AvgIpc) is 2.68. The minimum Gasteiger partial charge on any atom is -0.320 e. The van der Waals surface area contributed by atoms with Crippen LogP contribution in [0.15, 0.2) is 67.0 Å². The van der Waals surface area contributed by atoms with Gasteiger partial charge in [0.15, 0.2) is 0 Å². The summed E-state index contributed by atoms with van der Waals surface area (Å²) >= 11 is 6.48. The van der Waals surface area contributed by atoms with Crippen LogP contribution in [-0.2, 0) is 0 Å². The molecule has 28 heavy (non-hydrogen) atoms. The van der Waals surface area contributed by atoms with Gasteiger partial charge in [-0.1, -0.05) is 59.8 Å². The van der Waals surface area contributed by atoms with Crippen LogP contribution in [0.25, 0.3) is 11.1 Å². The van der Waals surface area contributed by atoms with E-state index in [1.54, 1.807) is 18.3 Å². The molecule has 0 bridgehead atoms. The van der Waals surface area contributed by atoms with Gasteiger partial charge in [-0.25, -0.2) is 0 Å². The highest BCUT2D eigenvalue weighted by Gasteiger charge is 2.17. The van der Waals surface area contributed by atoms with Gasteiger partial charge in [0, 0.05) is 23.4 Å². The summed E-state index contributed by atoms with van der Waals surface area (Å²) in [5.41, 5.74) is 3.31. The van der Waals surface area contributed by atoms with E-state index in [-0.39, 0.29) is 11.3 Å². The van der Waals surface area contributed by atoms with Crippen molar-refractivity contribution in [1.82, 2.24) is 4.98 Å². The Morgan fingerprint density at radius 1 is 1.04 bits per heavy atom. The zero-order valence-corrected chi connectivity index (χ0v) is 16.8. The van der Waals surface area contributed by atoms with E-state index in [2.05, 4.69) is 22.1 Å². The third-order valence-corrected chi connectivity index (χ3v) is 4.28. The maximum Gasteiger partial charge on any atom is 0.257 e. The van der Waals surface area contributed by atoms with Crippen molar-refractivity contribution < 1.29 is 4.79 Å². The highest BCUT2D eigenvalue weighted by atomic mass is 35.5. The Balaban J connectivity index is 2.16. The normalized spacial score (nSPS) is 10.7. The molecule has 0 aliphatic carbocycles. The number of hydrogen-bond acceptors (Lipinski definition) is 2. The van der Waals surface area contributed by atoms with E-state index in [9.17, 15) is 4.79 Å². The van der Waals surface area contributed by atoms with Gasteiger partial charge in [-0.15, -0.1) is 0 Å². The molecular formula is C24H21ClN2O. The molecule has 0 radical (unpaired) electrons. The molecule has 2 aromatic carbocycles. The number of aromatic nitrogens is 1. The number of hydrogen-bond donors (Lipinski definition) is 1. The molecule has 3 aromatic rings. The van der Waals surface area contributed by atoms with Crippen LogP contribution in [0.2, 0.25) is 5.02 Å². The smallest absolute Gasteiger partial charge is 0.257 e. The second kappa shape index (κ2) is 8.29. The SMILES string of the molecule is CC(C)(C)C#Cc1c(Cl)ccc(-c2ccccc2)c1NC(=O)c1cccnc1. The maximum atomic E-state index is 12.8. The summed E-state index contributed by atoms with van der Waals surface area (Å²) in [6.07, 6.45) is 3.16. The van der Waals surface area contributed by atoms with Gasteiger partial charge in [-0.05, 0) is 44.5 Å². The first-order valence-corrected chi connectivity index (χ1v) is 9.35. The Kier molecular flexibility index (Phi) is 5.82. The van der Waals surface area contributed by atoms with Gasteiger partial charge >= 0.3 is 0 Å². The van der Waals surface area contributed by atoms with Gasteiger partial charge in [-0.2, -0.15) is 0 Å². The van der Waals surface area contributed by atoms with Crippen LogP contribution in [0, 0.1) is 17.3 Å². The number of benzene rings is 2. The molecule has 0 fully saturated rings. The van der Waals surface area contributed by atoms with E-state index in [4.69, 9.17) is 11.6 Å². The van der Waals surface area contributed by atoms with E-state index in [1.807, 2.05) is 63.2 Å². The predicted molar refractivity (Wildman–Crippen MR) is 115 cm³/mol.